The van der Waals surface area contributed by atoms with Crippen LogP contribution >= 0.6 is 15.9 Å². The predicted molar refractivity (Wildman–Crippen MR) is 62.1 cm³/mol. The monoisotopic (exact) mass is 284 g/mol. The van der Waals surface area contributed by atoms with Crippen molar-refractivity contribution in [3.05, 3.63) is 40.4 Å². The van der Waals surface area contributed by atoms with E-state index in [1.807, 2.05) is 6.07 Å². The lowest BCUT2D eigenvalue weighted by Gasteiger charge is -2.09. The van der Waals surface area contributed by atoms with Gasteiger partial charge in [0.05, 0.1) is 10.7 Å². The van der Waals surface area contributed by atoms with Gasteiger partial charge in [0.1, 0.15) is 17.6 Å². The SMILES string of the molecule is CN(C)C=C(C#N)Oc1cc(F)ccc1Br. The first-order valence-electron chi connectivity index (χ1n) is 4.44. The van der Waals surface area contributed by atoms with Crippen molar-refractivity contribution in [2.45, 2.75) is 0 Å². The maximum atomic E-state index is 13.0. The standard InChI is InChI=1S/C11H10BrFN2O/c1-15(2)7-9(6-14)16-11-5-8(13)3-4-10(11)12/h3-5,7H,1-2H3. The second kappa shape index (κ2) is 5.52. The van der Waals surface area contributed by atoms with Gasteiger partial charge in [-0.3, -0.25) is 0 Å². The molecule has 0 N–H and O–H groups in total. The van der Waals surface area contributed by atoms with E-state index in [-0.39, 0.29) is 11.5 Å². The van der Waals surface area contributed by atoms with Crippen LogP contribution in [-0.2, 0) is 0 Å². The van der Waals surface area contributed by atoms with Crippen molar-refractivity contribution >= 4 is 15.9 Å². The maximum Gasteiger partial charge on any atom is 0.219 e. The van der Waals surface area contributed by atoms with Crippen molar-refractivity contribution in [1.29, 1.82) is 5.26 Å². The highest BCUT2D eigenvalue weighted by molar-refractivity contribution is 9.10. The molecule has 0 radical (unpaired) electrons. The summed E-state index contributed by atoms with van der Waals surface area (Å²) < 4.78 is 18.8. The summed E-state index contributed by atoms with van der Waals surface area (Å²) in [7, 11) is 3.53. The summed E-state index contributed by atoms with van der Waals surface area (Å²) in [5.41, 5.74) is 0. The van der Waals surface area contributed by atoms with E-state index < -0.39 is 5.82 Å². The summed E-state index contributed by atoms with van der Waals surface area (Å²) in [5, 5.41) is 8.82. The lowest BCUT2D eigenvalue weighted by Crippen LogP contribution is -2.05. The summed E-state index contributed by atoms with van der Waals surface area (Å²) in [5.74, 6) is -0.0497. The van der Waals surface area contributed by atoms with Crippen LogP contribution in [0.15, 0.2) is 34.6 Å². The molecule has 0 aliphatic rings. The average molecular weight is 285 g/mol. The molecule has 0 aliphatic heterocycles. The van der Waals surface area contributed by atoms with Crippen LogP contribution in [0, 0.1) is 17.1 Å². The molecule has 0 atom stereocenters. The molecule has 0 heterocycles. The predicted octanol–water partition coefficient (Wildman–Crippen LogP) is 2.89. The van der Waals surface area contributed by atoms with Gasteiger partial charge < -0.3 is 9.64 Å². The van der Waals surface area contributed by atoms with Crippen molar-refractivity contribution in [3.63, 3.8) is 0 Å². The number of hydrogen-bond acceptors (Lipinski definition) is 3. The number of halogens is 2. The van der Waals surface area contributed by atoms with Crippen molar-refractivity contribution in [3.8, 4) is 11.8 Å². The zero-order chi connectivity index (χ0) is 12.1. The Morgan fingerprint density at radius 1 is 1.56 bits per heavy atom. The highest BCUT2D eigenvalue weighted by Gasteiger charge is 2.06. The molecule has 0 aromatic heterocycles. The second-order valence-corrected chi connectivity index (χ2v) is 4.10. The molecule has 16 heavy (non-hydrogen) atoms. The van der Waals surface area contributed by atoms with E-state index in [1.54, 1.807) is 19.0 Å². The number of hydrogen-bond donors (Lipinski definition) is 0. The van der Waals surface area contributed by atoms with Crippen LogP contribution in [0.5, 0.6) is 5.75 Å². The van der Waals surface area contributed by atoms with Gasteiger partial charge in [0.15, 0.2) is 0 Å². The Balaban J connectivity index is 2.95. The fraction of sp³-hybridized carbons (Fsp3) is 0.182. The molecule has 1 aromatic rings. The third kappa shape index (κ3) is 3.55. The first-order chi connectivity index (χ1) is 7.52. The van der Waals surface area contributed by atoms with Gasteiger partial charge in [-0.05, 0) is 28.1 Å². The molecule has 84 valence electrons. The van der Waals surface area contributed by atoms with E-state index in [0.717, 1.165) is 0 Å². The van der Waals surface area contributed by atoms with Gasteiger partial charge in [0, 0.05) is 20.2 Å². The quantitative estimate of drug-likeness (QED) is 0.633. The topological polar surface area (TPSA) is 36.3 Å². The normalized spacial score (nSPS) is 10.8. The molecule has 0 amide bonds. The minimum atomic E-state index is -0.416. The van der Waals surface area contributed by atoms with Gasteiger partial charge in [-0.15, -0.1) is 0 Å². The first kappa shape index (κ1) is 12.5. The second-order valence-electron chi connectivity index (χ2n) is 3.25. The van der Waals surface area contributed by atoms with Crippen LogP contribution in [0.1, 0.15) is 0 Å². The van der Waals surface area contributed by atoms with Crippen LogP contribution in [-0.4, -0.2) is 19.0 Å². The summed E-state index contributed by atoms with van der Waals surface area (Å²) in [4.78, 5) is 1.67. The minimum absolute atomic E-state index is 0.0938. The van der Waals surface area contributed by atoms with Crippen molar-refractivity contribution in [1.82, 2.24) is 4.90 Å². The van der Waals surface area contributed by atoms with Crippen molar-refractivity contribution < 1.29 is 9.13 Å². The molecule has 0 saturated carbocycles. The molecular weight excluding hydrogens is 275 g/mol. The van der Waals surface area contributed by atoms with Gasteiger partial charge in [-0.2, -0.15) is 5.26 Å². The Morgan fingerprint density at radius 3 is 2.81 bits per heavy atom. The van der Waals surface area contributed by atoms with E-state index in [0.29, 0.717) is 4.47 Å². The number of rotatable bonds is 3. The highest BCUT2D eigenvalue weighted by Crippen LogP contribution is 2.27. The summed E-state index contributed by atoms with van der Waals surface area (Å²) in [6, 6.07) is 5.92. The van der Waals surface area contributed by atoms with Crippen LogP contribution in [0.2, 0.25) is 0 Å². The summed E-state index contributed by atoms with van der Waals surface area (Å²) in [6.07, 6.45) is 1.51. The zero-order valence-electron chi connectivity index (χ0n) is 8.87. The van der Waals surface area contributed by atoms with Gasteiger partial charge in [-0.25, -0.2) is 4.39 Å². The number of allylic oxidation sites excluding steroid dienone is 1. The fourth-order valence-corrected chi connectivity index (χ4v) is 1.31. The summed E-state index contributed by atoms with van der Waals surface area (Å²) >= 11 is 3.21. The van der Waals surface area contributed by atoms with E-state index >= 15 is 0 Å². The molecule has 0 spiro atoms. The third-order valence-corrected chi connectivity index (χ3v) is 2.25. The Kier molecular flexibility index (Phi) is 4.32. The Morgan fingerprint density at radius 2 is 2.25 bits per heavy atom. The molecule has 0 fully saturated rings. The number of nitrogens with zero attached hydrogens (tertiary/aromatic N) is 2. The minimum Gasteiger partial charge on any atom is -0.443 e. The Bertz CT molecular complexity index is 452. The first-order valence-corrected chi connectivity index (χ1v) is 5.23. The van der Waals surface area contributed by atoms with Gasteiger partial charge in [0.25, 0.3) is 0 Å². The fourth-order valence-electron chi connectivity index (χ4n) is 0.986. The largest absolute Gasteiger partial charge is 0.443 e. The smallest absolute Gasteiger partial charge is 0.219 e. The number of nitriles is 1. The van der Waals surface area contributed by atoms with Crippen LogP contribution in [0.4, 0.5) is 4.39 Å². The average Bonchev–Trinajstić information content (AvgIpc) is 2.21. The summed E-state index contributed by atoms with van der Waals surface area (Å²) in [6.45, 7) is 0. The lowest BCUT2D eigenvalue weighted by atomic mass is 10.3. The molecule has 1 aromatic carbocycles. The van der Waals surface area contributed by atoms with Crippen molar-refractivity contribution in [2.24, 2.45) is 0 Å². The molecule has 0 bridgehead atoms. The molecule has 5 heteroatoms. The highest BCUT2D eigenvalue weighted by atomic mass is 79.9. The molecule has 1 rings (SSSR count). The lowest BCUT2D eigenvalue weighted by molar-refractivity contribution is 0.418. The van der Waals surface area contributed by atoms with Gasteiger partial charge >= 0.3 is 0 Å². The van der Waals surface area contributed by atoms with Gasteiger partial charge in [-0.1, -0.05) is 0 Å². The van der Waals surface area contributed by atoms with E-state index in [4.69, 9.17) is 10.00 Å². The third-order valence-electron chi connectivity index (χ3n) is 1.60. The van der Waals surface area contributed by atoms with Gasteiger partial charge in [0.2, 0.25) is 5.76 Å². The molecular formula is C11H10BrFN2O. The van der Waals surface area contributed by atoms with Crippen LogP contribution in [0.3, 0.4) is 0 Å². The van der Waals surface area contributed by atoms with E-state index in [2.05, 4.69) is 15.9 Å². The maximum absolute atomic E-state index is 13.0. The number of ether oxygens (including phenoxy) is 1. The molecule has 3 nitrogen and oxygen atoms in total. The van der Waals surface area contributed by atoms with E-state index in [9.17, 15) is 4.39 Å². The number of benzene rings is 1. The molecule has 0 unspecified atom stereocenters. The Labute approximate surface area is 102 Å². The Hall–Kier alpha value is -1.54. The molecule has 0 saturated heterocycles. The van der Waals surface area contributed by atoms with Crippen molar-refractivity contribution in [2.75, 3.05) is 14.1 Å². The van der Waals surface area contributed by atoms with Crippen LogP contribution in [0.25, 0.3) is 0 Å². The zero-order valence-corrected chi connectivity index (χ0v) is 10.5. The molecule has 0 aliphatic carbocycles. The van der Waals surface area contributed by atoms with E-state index in [1.165, 1.54) is 24.4 Å². The van der Waals surface area contributed by atoms with Crippen LogP contribution < -0.4 is 4.74 Å².